The van der Waals surface area contributed by atoms with E-state index in [0.717, 1.165) is 40.8 Å². The molecule has 0 radical (unpaired) electrons. The fraction of sp³-hybridized carbons (Fsp3) is 0.440. The van der Waals surface area contributed by atoms with Crippen molar-refractivity contribution in [3.8, 4) is 0 Å². The molecule has 33 heavy (non-hydrogen) atoms. The van der Waals surface area contributed by atoms with Crippen LogP contribution < -0.4 is 4.90 Å². The molecule has 0 aliphatic carbocycles. The Morgan fingerprint density at radius 1 is 0.848 bits per heavy atom. The second-order valence-corrected chi connectivity index (χ2v) is 11.2. The van der Waals surface area contributed by atoms with Crippen LogP contribution in [0.15, 0.2) is 35.2 Å². The standard InChI is InChI=1S/C25H29N3O4S/c1-17-5-6-21(14-18(17)2)25(30)26-10-12-27(13-11-26)33(31,32)22-15-19-4-3-9-28-23(29)8-7-20(16-22)24(19)28/h5-6,14-16H,3-4,7-13H2,1-2H3. The fourth-order valence-electron chi connectivity index (χ4n) is 5.11. The number of sulfonamides is 1. The van der Waals surface area contributed by atoms with E-state index >= 15 is 0 Å². The maximum Gasteiger partial charge on any atom is 0.253 e. The summed E-state index contributed by atoms with van der Waals surface area (Å²) in [5.41, 5.74) is 5.68. The largest absolute Gasteiger partial charge is 0.336 e. The van der Waals surface area contributed by atoms with E-state index in [-0.39, 0.29) is 24.9 Å². The number of anilines is 1. The van der Waals surface area contributed by atoms with Crippen molar-refractivity contribution in [3.63, 3.8) is 0 Å². The Bertz CT molecular complexity index is 1230. The van der Waals surface area contributed by atoms with Gasteiger partial charge in [-0.3, -0.25) is 9.59 Å². The quantitative estimate of drug-likeness (QED) is 0.695. The zero-order valence-electron chi connectivity index (χ0n) is 19.1. The molecule has 5 rings (SSSR count). The van der Waals surface area contributed by atoms with Crippen molar-refractivity contribution < 1.29 is 18.0 Å². The van der Waals surface area contributed by atoms with Gasteiger partial charge in [0.15, 0.2) is 0 Å². The van der Waals surface area contributed by atoms with Crippen molar-refractivity contribution in [1.29, 1.82) is 0 Å². The third-order valence-corrected chi connectivity index (χ3v) is 9.04. The normalized spacial score (nSPS) is 18.9. The molecule has 0 saturated carbocycles. The van der Waals surface area contributed by atoms with Gasteiger partial charge in [0.25, 0.3) is 5.91 Å². The number of carbonyl (C=O) groups is 2. The molecule has 3 heterocycles. The molecule has 1 fully saturated rings. The molecule has 2 aromatic rings. The highest BCUT2D eigenvalue weighted by Gasteiger charge is 2.34. The second kappa shape index (κ2) is 8.25. The predicted octanol–water partition coefficient (Wildman–Crippen LogP) is 2.68. The van der Waals surface area contributed by atoms with E-state index in [1.807, 2.05) is 36.9 Å². The fourth-order valence-corrected chi connectivity index (χ4v) is 6.63. The van der Waals surface area contributed by atoms with Gasteiger partial charge >= 0.3 is 0 Å². The minimum absolute atomic E-state index is 0.0573. The first-order valence-corrected chi connectivity index (χ1v) is 13.0. The highest BCUT2D eigenvalue weighted by atomic mass is 32.2. The maximum absolute atomic E-state index is 13.5. The number of nitrogens with zero attached hydrogens (tertiary/aromatic N) is 3. The van der Waals surface area contributed by atoms with Gasteiger partial charge in [-0.05, 0) is 79.6 Å². The van der Waals surface area contributed by atoms with Crippen molar-refractivity contribution in [2.24, 2.45) is 0 Å². The molecule has 8 heteroatoms. The highest BCUT2D eigenvalue weighted by molar-refractivity contribution is 7.89. The minimum atomic E-state index is -3.67. The Kier molecular flexibility index (Phi) is 5.53. The lowest BCUT2D eigenvalue weighted by Crippen LogP contribution is -2.50. The highest BCUT2D eigenvalue weighted by Crippen LogP contribution is 2.38. The third kappa shape index (κ3) is 3.85. The van der Waals surface area contributed by atoms with Crippen LogP contribution >= 0.6 is 0 Å². The van der Waals surface area contributed by atoms with Gasteiger partial charge < -0.3 is 9.80 Å². The molecule has 0 spiro atoms. The molecular formula is C25H29N3O4S. The smallest absolute Gasteiger partial charge is 0.253 e. The SMILES string of the molecule is Cc1ccc(C(=O)N2CCN(S(=O)(=O)c3cc4c5c(c3)CCC(=O)N5CCC4)CC2)cc1C. The van der Waals surface area contributed by atoms with Crippen molar-refractivity contribution in [3.05, 3.63) is 58.1 Å². The van der Waals surface area contributed by atoms with Crippen LogP contribution in [0, 0.1) is 13.8 Å². The van der Waals surface area contributed by atoms with Gasteiger partial charge in [-0.2, -0.15) is 4.31 Å². The van der Waals surface area contributed by atoms with Crippen molar-refractivity contribution in [2.75, 3.05) is 37.6 Å². The van der Waals surface area contributed by atoms with Crippen LogP contribution in [-0.4, -0.2) is 62.2 Å². The van der Waals surface area contributed by atoms with E-state index < -0.39 is 10.0 Å². The monoisotopic (exact) mass is 467 g/mol. The summed E-state index contributed by atoms with van der Waals surface area (Å²) in [6, 6.07) is 9.19. The second-order valence-electron chi connectivity index (χ2n) is 9.23. The van der Waals surface area contributed by atoms with Crippen LogP contribution in [0.2, 0.25) is 0 Å². The van der Waals surface area contributed by atoms with E-state index in [1.165, 1.54) is 4.31 Å². The molecule has 0 bridgehead atoms. The first-order chi connectivity index (χ1) is 15.8. The van der Waals surface area contributed by atoms with Crippen LogP contribution in [0.5, 0.6) is 0 Å². The molecular weight excluding hydrogens is 438 g/mol. The molecule has 3 aliphatic rings. The van der Waals surface area contributed by atoms with Gasteiger partial charge in [0, 0.05) is 44.7 Å². The summed E-state index contributed by atoms with van der Waals surface area (Å²) >= 11 is 0. The van der Waals surface area contributed by atoms with Gasteiger partial charge in [0.2, 0.25) is 15.9 Å². The summed E-state index contributed by atoms with van der Waals surface area (Å²) in [5.74, 6) is 0.0710. The lowest BCUT2D eigenvalue weighted by Gasteiger charge is -2.37. The summed E-state index contributed by atoms with van der Waals surface area (Å²) in [6.45, 7) is 5.98. The first kappa shape index (κ1) is 22.1. The molecule has 3 aliphatic heterocycles. The number of piperazine rings is 1. The summed E-state index contributed by atoms with van der Waals surface area (Å²) in [6.07, 6.45) is 2.64. The lowest BCUT2D eigenvalue weighted by atomic mass is 9.92. The summed E-state index contributed by atoms with van der Waals surface area (Å²) in [7, 11) is -3.67. The first-order valence-electron chi connectivity index (χ1n) is 11.6. The van der Waals surface area contributed by atoms with Crippen LogP contribution in [-0.2, 0) is 27.7 Å². The number of hydrogen-bond acceptors (Lipinski definition) is 4. The van der Waals surface area contributed by atoms with Gasteiger partial charge in [0.05, 0.1) is 10.6 Å². The van der Waals surface area contributed by atoms with Crippen LogP contribution in [0.4, 0.5) is 5.69 Å². The summed E-state index contributed by atoms with van der Waals surface area (Å²) in [4.78, 5) is 29.1. The number of aryl methyl sites for hydroxylation is 4. The zero-order valence-corrected chi connectivity index (χ0v) is 20.0. The predicted molar refractivity (Wildman–Crippen MR) is 126 cm³/mol. The van der Waals surface area contributed by atoms with E-state index in [4.69, 9.17) is 0 Å². The minimum Gasteiger partial charge on any atom is -0.336 e. The van der Waals surface area contributed by atoms with Gasteiger partial charge in [-0.1, -0.05) is 6.07 Å². The van der Waals surface area contributed by atoms with Crippen LogP contribution in [0.3, 0.4) is 0 Å². The molecule has 7 nitrogen and oxygen atoms in total. The Morgan fingerprint density at radius 3 is 2.24 bits per heavy atom. The number of benzene rings is 2. The summed E-state index contributed by atoms with van der Waals surface area (Å²) in [5, 5.41) is 0. The van der Waals surface area contributed by atoms with E-state index in [9.17, 15) is 18.0 Å². The average Bonchev–Trinajstić information content (AvgIpc) is 2.82. The molecule has 0 atom stereocenters. The van der Waals surface area contributed by atoms with Crippen molar-refractivity contribution in [1.82, 2.24) is 9.21 Å². The Morgan fingerprint density at radius 2 is 1.55 bits per heavy atom. The summed E-state index contributed by atoms with van der Waals surface area (Å²) < 4.78 is 28.4. The van der Waals surface area contributed by atoms with E-state index in [0.29, 0.717) is 42.9 Å². The third-order valence-electron chi connectivity index (χ3n) is 7.17. The molecule has 0 aromatic heterocycles. The molecule has 0 unspecified atom stereocenters. The molecule has 2 amide bonds. The van der Waals surface area contributed by atoms with Gasteiger partial charge in [0.1, 0.15) is 0 Å². The van der Waals surface area contributed by atoms with Crippen LogP contribution in [0.1, 0.15) is 45.5 Å². The Balaban J connectivity index is 1.34. The van der Waals surface area contributed by atoms with E-state index in [2.05, 4.69) is 0 Å². The lowest BCUT2D eigenvalue weighted by molar-refractivity contribution is -0.119. The topological polar surface area (TPSA) is 78.0 Å². The van der Waals surface area contributed by atoms with Gasteiger partial charge in [-0.15, -0.1) is 0 Å². The number of hydrogen-bond donors (Lipinski definition) is 0. The Hall–Kier alpha value is -2.71. The van der Waals surface area contributed by atoms with Crippen molar-refractivity contribution >= 4 is 27.5 Å². The number of rotatable bonds is 3. The van der Waals surface area contributed by atoms with Crippen LogP contribution in [0.25, 0.3) is 0 Å². The van der Waals surface area contributed by atoms with Gasteiger partial charge in [-0.25, -0.2) is 8.42 Å². The Labute approximate surface area is 195 Å². The van der Waals surface area contributed by atoms with Crippen molar-refractivity contribution in [2.45, 2.75) is 44.4 Å². The maximum atomic E-state index is 13.5. The molecule has 1 saturated heterocycles. The zero-order chi connectivity index (χ0) is 23.3. The average molecular weight is 468 g/mol. The molecule has 0 N–H and O–H groups in total. The number of amides is 2. The molecule has 174 valence electrons. The number of carbonyl (C=O) groups excluding carboxylic acids is 2. The molecule has 2 aromatic carbocycles. The van der Waals surface area contributed by atoms with E-state index in [1.54, 1.807) is 17.0 Å².